The molecule has 1 fully saturated rings. The second kappa shape index (κ2) is 3.04. The van der Waals surface area contributed by atoms with E-state index in [4.69, 9.17) is 0 Å². The van der Waals surface area contributed by atoms with Gasteiger partial charge in [-0.15, -0.1) is 0 Å². The standard InChI is InChI=1S/C10H13N3O/c1-10(2)3-6-13(9(10)14)8-7-11-4-5-12-8/h4-5,7H,3,6H2,1-2H3. The largest absolute Gasteiger partial charge is 0.295 e. The van der Waals surface area contributed by atoms with Crippen molar-refractivity contribution in [2.75, 3.05) is 11.4 Å². The fourth-order valence-corrected chi connectivity index (χ4v) is 1.61. The predicted molar refractivity (Wildman–Crippen MR) is 52.8 cm³/mol. The molecule has 1 aromatic rings. The van der Waals surface area contributed by atoms with Crippen LogP contribution in [-0.4, -0.2) is 22.4 Å². The van der Waals surface area contributed by atoms with Gasteiger partial charge in [0.05, 0.1) is 6.20 Å². The van der Waals surface area contributed by atoms with Gasteiger partial charge >= 0.3 is 0 Å². The van der Waals surface area contributed by atoms with Gasteiger partial charge in [0.15, 0.2) is 5.82 Å². The third-order valence-electron chi connectivity index (χ3n) is 2.61. The van der Waals surface area contributed by atoms with E-state index in [2.05, 4.69) is 9.97 Å². The minimum atomic E-state index is -0.252. The first kappa shape index (κ1) is 9.12. The molecular weight excluding hydrogens is 178 g/mol. The highest BCUT2D eigenvalue weighted by atomic mass is 16.2. The number of nitrogens with zero attached hydrogens (tertiary/aromatic N) is 3. The van der Waals surface area contributed by atoms with Crippen LogP contribution < -0.4 is 4.90 Å². The van der Waals surface area contributed by atoms with Crippen molar-refractivity contribution in [1.29, 1.82) is 0 Å². The van der Waals surface area contributed by atoms with E-state index in [0.717, 1.165) is 13.0 Å². The third-order valence-corrected chi connectivity index (χ3v) is 2.61. The predicted octanol–water partition coefficient (Wildman–Crippen LogP) is 1.24. The summed E-state index contributed by atoms with van der Waals surface area (Å²) in [7, 11) is 0. The molecule has 0 aromatic carbocycles. The van der Waals surface area contributed by atoms with Gasteiger partial charge in [-0.1, -0.05) is 13.8 Å². The summed E-state index contributed by atoms with van der Waals surface area (Å²) in [6, 6.07) is 0. The lowest BCUT2D eigenvalue weighted by Gasteiger charge is -2.17. The van der Waals surface area contributed by atoms with Crippen LogP contribution in [0.1, 0.15) is 20.3 Å². The fourth-order valence-electron chi connectivity index (χ4n) is 1.61. The van der Waals surface area contributed by atoms with Gasteiger partial charge in [-0.25, -0.2) is 4.98 Å². The van der Waals surface area contributed by atoms with E-state index < -0.39 is 0 Å². The summed E-state index contributed by atoms with van der Waals surface area (Å²) in [6.45, 7) is 4.67. The number of hydrogen-bond acceptors (Lipinski definition) is 3. The van der Waals surface area contributed by atoms with Crippen molar-refractivity contribution < 1.29 is 4.79 Å². The average Bonchev–Trinajstić information content (AvgIpc) is 2.44. The van der Waals surface area contributed by atoms with Crippen LogP contribution in [0.4, 0.5) is 5.82 Å². The normalized spacial score (nSPS) is 20.1. The summed E-state index contributed by atoms with van der Waals surface area (Å²) in [4.78, 5) is 21.7. The van der Waals surface area contributed by atoms with Crippen LogP contribution in [0.3, 0.4) is 0 Å². The van der Waals surface area contributed by atoms with Crippen molar-refractivity contribution in [3.8, 4) is 0 Å². The zero-order chi connectivity index (χ0) is 10.2. The molecule has 4 heteroatoms. The maximum absolute atomic E-state index is 11.9. The van der Waals surface area contributed by atoms with Gasteiger partial charge in [0.1, 0.15) is 0 Å². The summed E-state index contributed by atoms with van der Waals surface area (Å²) in [5.41, 5.74) is -0.252. The molecule has 2 heterocycles. The molecule has 0 atom stereocenters. The van der Waals surface area contributed by atoms with Gasteiger partial charge in [-0.3, -0.25) is 14.7 Å². The minimum absolute atomic E-state index is 0.137. The summed E-state index contributed by atoms with van der Waals surface area (Å²) in [5.74, 6) is 0.793. The van der Waals surface area contributed by atoms with Crippen LogP contribution in [0, 0.1) is 5.41 Å². The van der Waals surface area contributed by atoms with E-state index in [1.807, 2.05) is 13.8 Å². The SMILES string of the molecule is CC1(C)CCN(c2cnccn2)C1=O. The molecule has 74 valence electrons. The second-order valence-corrected chi connectivity index (χ2v) is 4.15. The number of amides is 1. The number of carbonyl (C=O) groups is 1. The molecule has 1 saturated heterocycles. The van der Waals surface area contributed by atoms with E-state index in [9.17, 15) is 4.79 Å². The fraction of sp³-hybridized carbons (Fsp3) is 0.500. The minimum Gasteiger partial charge on any atom is -0.295 e. The van der Waals surface area contributed by atoms with E-state index in [0.29, 0.717) is 5.82 Å². The maximum Gasteiger partial charge on any atom is 0.233 e. The number of hydrogen-bond donors (Lipinski definition) is 0. The maximum atomic E-state index is 11.9. The lowest BCUT2D eigenvalue weighted by molar-refractivity contribution is -0.124. The Labute approximate surface area is 83.0 Å². The smallest absolute Gasteiger partial charge is 0.233 e. The lowest BCUT2D eigenvalue weighted by Crippen LogP contribution is -2.31. The number of rotatable bonds is 1. The Morgan fingerprint density at radius 1 is 1.43 bits per heavy atom. The lowest BCUT2D eigenvalue weighted by atomic mass is 9.92. The topological polar surface area (TPSA) is 46.1 Å². The monoisotopic (exact) mass is 191 g/mol. The summed E-state index contributed by atoms with van der Waals surface area (Å²) in [6.07, 6.45) is 5.71. The third kappa shape index (κ3) is 1.36. The van der Waals surface area contributed by atoms with E-state index >= 15 is 0 Å². The molecule has 0 saturated carbocycles. The molecule has 14 heavy (non-hydrogen) atoms. The molecule has 1 aliphatic heterocycles. The Bertz CT molecular complexity index is 348. The quantitative estimate of drug-likeness (QED) is 0.671. The van der Waals surface area contributed by atoms with Gasteiger partial charge in [0.2, 0.25) is 5.91 Å². The van der Waals surface area contributed by atoms with Gasteiger partial charge in [0.25, 0.3) is 0 Å². The Balaban J connectivity index is 2.27. The van der Waals surface area contributed by atoms with Crippen LogP contribution in [0.2, 0.25) is 0 Å². The highest BCUT2D eigenvalue weighted by molar-refractivity contribution is 5.98. The zero-order valence-corrected chi connectivity index (χ0v) is 8.40. The molecular formula is C10H13N3O. The Kier molecular flexibility index (Phi) is 1.98. The summed E-state index contributed by atoms with van der Waals surface area (Å²) in [5, 5.41) is 0. The van der Waals surface area contributed by atoms with Crippen molar-refractivity contribution in [2.24, 2.45) is 5.41 Å². The molecule has 0 spiro atoms. The molecule has 0 aliphatic carbocycles. The van der Waals surface area contributed by atoms with Crippen molar-refractivity contribution in [2.45, 2.75) is 20.3 Å². The van der Waals surface area contributed by atoms with Crippen LogP contribution in [0.15, 0.2) is 18.6 Å². The first-order valence-corrected chi connectivity index (χ1v) is 4.69. The van der Waals surface area contributed by atoms with Crippen molar-refractivity contribution >= 4 is 11.7 Å². The molecule has 0 unspecified atom stereocenters. The molecule has 0 radical (unpaired) electrons. The van der Waals surface area contributed by atoms with E-state index in [1.165, 1.54) is 0 Å². The molecule has 0 N–H and O–H groups in total. The molecule has 2 rings (SSSR count). The van der Waals surface area contributed by atoms with Crippen molar-refractivity contribution in [3.05, 3.63) is 18.6 Å². The first-order chi connectivity index (χ1) is 6.61. The Morgan fingerprint density at radius 3 is 2.71 bits per heavy atom. The van der Waals surface area contributed by atoms with E-state index in [1.54, 1.807) is 23.5 Å². The average molecular weight is 191 g/mol. The Morgan fingerprint density at radius 2 is 2.21 bits per heavy atom. The molecule has 4 nitrogen and oxygen atoms in total. The van der Waals surface area contributed by atoms with Gasteiger partial charge in [-0.2, -0.15) is 0 Å². The number of anilines is 1. The molecule has 1 aromatic heterocycles. The molecule has 1 aliphatic rings. The van der Waals surface area contributed by atoms with E-state index in [-0.39, 0.29) is 11.3 Å². The van der Waals surface area contributed by atoms with Gasteiger partial charge in [0, 0.05) is 24.4 Å². The van der Waals surface area contributed by atoms with Crippen LogP contribution in [0.25, 0.3) is 0 Å². The summed E-state index contributed by atoms with van der Waals surface area (Å²) >= 11 is 0. The molecule has 0 bridgehead atoms. The van der Waals surface area contributed by atoms with Crippen LogP contribution >= 0.6 is 0 Å². The highest BCUT2D eigenvalue weighted by Crippen LogP contribution is 2.32. The summed E-state index contributed by atoms with van der Waals surface area (Å²) < 4.78 is 0. The zero-order valence-electron chi connectivity index (χ0n) is 8.40. The highest BCUT2D eigenvalue weighted by Gasteiger charge is 2.39. The molecule has 1 amide bonds. The van der Waals surface area contributed by atoms with Crippen LogP contribution in [0.5, 0.6) is 0 Å². The van der Waals surface area contributed by atoms with Crippen LogP contribution in [-0.2, 0) is 4.79 Å². The van der Waals surface area contributed by atoms with Gasteiger partial charge in [-0.05, 0) is 6.42 Å². The first-order valence-electron chi connectivity index (χ1n) is 4.69. The number of aromatic nitrogens is 2. The van der Waals surface area contributed by atoms with Gasteiger partial charge < -0.3 is 0 Å². The Hall–Kier alpha value is -1.45. The number of carbonyl (C=O) groups excluding carboxylic acids is 1. The second-order valence-electron chi connectivity index (χ2n) is 4.15. The van der Waals surface area contributed by atoms with Crippen molar-refractivity contribution in [1.82, 2.24) is 9.97 Å². The van der Waals surface area contributed by atoms with Crippen molar-refractivity contribution in [3.63, 3.8) is 0 Å².